The lowest BCUT2D eigenvalue weighted by Crippen LogP contribution is -2.45. The van der Waals surface area contributed by atoms with Crippen LogP contribution in [-0.4, -0.2) is 41.8 Å². The smallest absolute Gasteiger partial charge is 0.341 e. The van der Waals surface area contributed by atoms with Crippen LogP contribution in [0, 0.1) is 13.8 Å². The Kier molecular flexibility index (Phi) is 5.49. The van der Waals surface area contributed by atoms with Crippen molar-refractivity contribution in [1.29, 1.82) is 0 Å². The van der Waals surface area contributed by atoms with E-state index in [9.17, 15) is 9.59 Å². The first-order valence-corrected chi connectivity index (χ1v) is 8.08. The number of carboxylic acid groups (broad SMARTS) is 1. The molecule has 1 heterocycles. The van der Waals surface area contributed by atoms with Crippen LogP contribution in [0.3, 0.4) is 0 Å². The molecule has 0 radical (unpaired) electrons. The minimum atomic E-state index is -1.03. The van der Waals surface area contributed by atoms with Gasteiger partial charge in [-0.25, -0.2) is 4.79 Å². The third kappa shape index (κ3) is 4.71. The molecule has 1 saturated heterocycles. The highest BCUT2D eigenvalue weighted by molar-refractivity contribution is 5.95. The molecule has 0 bridgehead atoms. The van der Waals surface area contributed by atoms with Crippen LogP contribution in [0.25, 0.3) is 0 Å². The number of carbonyl (C=O) groups is 2. The Hall–Kier alpha value is -2.08. The third-order valence-corrected chi connectivity index (χ3v) is 4.09. The zero-order valence-corrected chi connectivity index (χ0v) is 14.6. The van der Waals surface area contributed by atoms with E-state index in [-0.39, 0.29) is 17.6 Å². The van der Waals surface area contributed by atoms with Gasteiger partial charge in [-0.3, -0.25) is 4.79 Å². The molecule has 2 rings (SSSR count). The maximum absolute atomic E-state index is 12.5. The standard InChI is InChI=1S/C18H25NO5/c1-11-7-13(8-12(2)16(11)23-10-15(20)21)17(22)19-14-5-6-24-18(3,4)9-14/h7-8,14H,5-6,9-10H2,1-4H3,(H,19,22)(H,20,21). The fourth-order valence-electron chi connectivity index (χ4n) is 3.07. The van der Waals surface area contributed by atoms with Crippen LogP contribution in [0.1, 0.15) is 48.2 Å². The average Bonchev–Trinajstić information content (AvgIpc) is 2.44. The Morgan fingerprint density at radius 2 is 1.96 bits per heavy atom. The first-order chi connectivity index (χ1) is 11.2. The highest BCUT2D eigenvalue weighted by Gasteiger charge is 2.30. The van der Waals surface area contributed by atoms with Crippen molar-refractivity contribution in [3.8, 4) is 5.75 Å². The SMILES string of the molecule is Cc1cc(C(=O)NC2CCOC(C)(C)C2)cc(C)c1OCC(=O)O. The fourth-order valence-corrected chi connectivity index (χ4v) is 3.07. The van der Waals surface area contributed by atoms with Crippen molar-refractivity contribution in [2.75, 3.05) is 13.2 Å². The molecule has 24 heavy (non-hydrogen) atoms. The molecule has 6 nitrogen and oxygen atoms in total. The summed E-state index contributed by atoms with van der Waals surface area (Å²) in [5, 5.41) is 11.8. The zero-order valence-electron chi connectivity index (χ0n) is 14.6. The second-order valence-electron chi connectivity index (χ2n) is 6.89. The van der Waals surface area contributed by atoms with Crippen LogP contribution >= 0.6 is 0 Å². The lowest BCUT2D eigenvalue weighted by Gasteiger charge is -2.35. The van der Waals surface area contributed by atoms with Gasteiger partial charge in [0.1, 0.15) is 5.75 Å². The van der Waals surface area contributed by atoms with E-state index in [4.69, 9.17) is 14.6 Å². The lowest BCUT2D eigenvalue weighted by molar-refractivity contribution is -0.139. The quantitative estimate of drug-likeness (QED) is 0.863. The highest BCUT2D eigenvalue weighted by Crippen LogP contribution is 2.26. The number of hydrogen-bond acceptors (Lipinski definition) is 4. The van der Waals surface area contributed by atoms with E-state index in [2.05, 4.69) is 5.32 Å². The van der Waals surface area contributed by atoms with Gasteiger partial charge in [0, 0.05) is 18.2 Å². The van der Waals surface area contributed by atoms with Gasteiger partial charge in [-0.15, -0.1) is 0 Å². The molecular weight excluding hydrogens is 310 g/mol. The normalized spacial score (nSPS) is 19.6. The minimum Gasteiger partial charge on any atom is -0.481 e. The van der Waals surface area contributed by atoms with Gasteiger partial charge in [0.15, 0.2) is 6.61 Å². The van der Waals surface area contributed by atoms with E-state index in [0.717, 1.165) is 24.0 Å². The number of carboxylic acids is 1. The van der Waals surface area contributed by atoms with Gasteiger partial charge in [-0.05, 0) is 63.8 Å². The summed E-state index contributed by atoms with van der Waals surface area (Å²) < 4.78 is 11.0. The molecule has 1 aliphatic heterocycles. The first-order valence-electron chi connectivity index (χ1n) is 8.08. The Balaban J connectivity index is 2.08. The van der Waals surface area contributed by atoms with Crippen LogP contribution in [-0.2, 0) is 9.53 Å². The summed E-state index contributed by atoms with van der Waals surface area (Å²) >= 11 is 0. The molecule has 1 aliphatic rings. The second kappa shape index (κ2) is 7.21. The van der Waals surface area contributed by atoms with E-state index in [1.54, 1.807) is 26.0 Å². The maximum atomic E-state index is 12.5. The Morgan fingerprint density at radius 3 is 2.50 bits per heavy atom. The van der Waals surface area contributed by atoms with Crippen molar-refractivity contribution in [3.05, 3.63) is 28.8 Å². The first kappa shape index (κ1) is 18.3. The van der Waals surface area contributed by atoms with Crippen molar-refractivity contribution in [2.45, 2.75) is 52.2 Å². The van der Waals surface area contributed by atoms with Crippen molar-refractivity contribution in [2.24, 2.45) is 0 Å². The number of aryl methyl sites for hydroxylation is 2. The van der Waals surface area contributed by atoms with Crippen LogP contribution < -0.4 is 10.1 Å². The molecule has 1 fully saturated rings. The topological polar surface area (TPSA) is 84.9 Å². The van der Waals surface area contributed by atoms with Crippen molar-refractivity contribution < 1.29 is 24.2 Å². The third-order valence-electron chi connectivity index (χ3n) is 4.09. The van der Waals surface area contributed by atoms with E-state index >= 15 is 0 Å². The van der Waals surface area contributed by atoms with Crippen LogP contribution in [0.2, 0.25) is 0 Å². The fraction of sp³-hybridized carbons (Fsp3) is 0.556. The molecule has 0 aromatic heterocycles. The Morgan fingerprint density at radius 1 is 1.33 bits per heavy atom. The summed E-state index contributed by atoms with van der Waals surface area (Å²) in [6, 6.07) is 3.54. The highest BCUT2D eigenvalue weighted by atomic mass is 16.5. The van der Waals surface area contributed by atoms with Gasteiger partial charge in [0.25, 0.3) is 5.91 Å². The van der Waals surface area contributed by atoms with Gasteiger partial charge in [0.05, 0.1) is 5.60 Å². The van der Waals surface area contributed by atoms with Gasteiger partial charge in [-0.1, -0.05) is 0 Å². The van der Waals surface area contributed by atoms with E-state index < -0.39 is 12.6 Å². The summed E-state index contributed by atoms with van der Waals surface area (Å²) in [7, 11) is 0. The summed E-state index contributed by atoms with van der Waals surface area (Å²) in [5.41, 5.74) is 1.82. The second-order valence-corrected chi connectivity index (χ2v) is 6.89. The maximum Gasteiger partial charge on any atom is 0.341 e. The summed E-state index contributed by atoms with van der Waals surface area (Å²) in [5.74, 6) is -0.646. The molecule has 132 valence electrons. The number of amides is 1. The molecule has 0 aliphatic carbocycles. The van der Waals surface area contributed by atoms with Crippen molar-refractivity contribution >= 4 is 11.9 Å². The zero-order chi connectivity index (χ0) is 17.9. The molecule has 0 spiro atoms. The van der Waals surface area contributed by atoms with Gasteiger partial charge in [0.2, 0.25) is 0 Å². The molecule has 1 unspecified atom stereocenters. The largest absolute Gasteiger partial charge is 0.481 e. The summed E-state index contributed by atoms with van der Waals surface area (Å²) in [4.78, 5) is 23.2. The molecule has 1 amide bonds. The number of nitrogens with one attached hydrogen (secondary N) is 1. The summed E-state index contributed by atoms with van der Waals surface area (Å²) in [6.07, 6.45) is 1.57. The van der Waals surface area contributed by atoms with E-state index in [0.29, 0.717) is 17.9 Å². The number of rotatable bonds is 5. The van der Waals surface area contributed by atoms with E-state index in [1.165, 1.54) is 0 Å². The average molecular weight is 335 g/mol. The van der Waals surface area contributed by atoms with E-state index in [1.807, 2.05) is 13.8 Å². The van der Waals surface area contributed by atoms with Crippen molar-refractivity contribution in [1.82, 2.24) is 5.32 Å². The number of hydrogen-bond donors (Lipinski definition) is 2. The number of ether oxygens (including phenoxy) is 2. The van der Waals surface area contributed by atoms with Crippen LogP contribution in [0.4, 0.5) is 0 Å². The molecule has 2 N–H and O–H groups in total. The van der Waals surface area contributed by atoms with Gasteiger partial charge in [-0.2, -0.15) is 0 Å². The predicted octanol–water partition coefficient (Wildman–Crippen LogP) is 2.45. The number of carbonyl (C=O) groups excluding carboxylic acids is 1. The van der Waals surface area contributed by atoms with Gasteiger partial charge < -0.3 is 19.9 Å². The van der Waals surface area contributed by atoms with Gasteiger partial charge >= 0.3 is 5.97 Å². The Bertz CT molecular complexity index is 615. The molecule has 1 aromatic rings. The molecule has 6 heteroatoms. The van der Waals surface area contributed by atoms with Crippen LogP contribution in [0.15, 0.2) is 12.1 Å². The molecule has 1 atom stereocenters. The molecule has 1 aromatic carbocycles. The number of aliphatic carboxylic acids is 1. The monoisotopic (exact) mass is 335 g/mol. The lowest BCUT2D eigenvalue weighted by atomic mass is 9.93. The predicted molar refractivity (Wildman–Crippen MR) is 89.6 cm³/mol. The minimum absolute atomic E-state index is 0.0878. The molecule has 0 saturated carbocycles. The van der Waals surface area contributed by atoms with Crippen molar-refractivity contribution in [3.63, 3.8) is 0 Å². The number of benzene rings is 1. The Labute approximate surface area is 142 Å². The summed E-state index contributed by atoms with van der Waals surface area (Å²) in [6.45, 7) is 7.89. The molecular formula is C18H25NO5. The van der Waals surface area contributed by atoms with Crippen LogP contribution in [0.5, 0.6) is 5.75 Å².